The van der Waals surface area contributed by atoms with E-state index in [0.29, 0.717) is 45.1 Å². The third kappa shape index (κ3) is 5.21. The van der Waals surface area contributed by atoms with E-state index in [9.17, 15) is 9.18 Å². The van der Waals surface area contributed by atoms with E-state index in [1.807, 2.05) is 43.3 Å². The fraction of sp³-hybridized carbons (Fsp3) is 0.179. The van der Waals surface area contributed by atoms with Gasteiger partial charge in [0.25, 0.3) is 5.91 Å². The number of thioether (sulfide) groups is 1. The molecule has 38 heavy (non-hydrogen) atoms. The first-order valence-electron chi connectivity index (χ1n) is 11.9. The molecule has 2 heterocycles. The highest BCUT2D eigenvalue weighted by Gasteiger charge is 2.34. The average molecular weight is 532 g/mol. The minimum Gasteiger partial charge on any atom is -0.497 e. The second-order valence-electron chi connectivity index (χ2n) is 8.57. The van der Waals surface area contributed by atoms with Crippen molar-refractivity contribution in [3.05, 3.63) is 101 Å². The third-order valence-corrected chi connectivity index (χ3v) is 7.03. The van der Waals surface area contributed by atoms with E-state index in [1.165, 1.54) is 23.9 Å². The average Bonchev–Trinajstić information content (AvgIpc) is 3.34. The molecule has 0 spiro atoms. The Morgan fingerprint density at radius 1 is 1.08 bits per heavy atom. The van der Waals surface area contributed by atoms with Gasteiger partial charge in [-0.25, -0.2) is 9.07 Å². The number of halogens is 1. The quantitative estimate of drug-likeness (QED) is 0.284. The van der Waals surface area contributed by atoms with Crippen molar-refractivity contribution in [3.63, 3.8) is 0 Å². The van der Waals surface area contributed by atoms with Crippen molar-refractivity contribution in [2.75, 3.05) is 24.9 Å². The van der Waals surface area contributed by atoms with E-state index in [4.69, 9.17) is 14.6 Å². The summed E-state index contributed by atoms with van der Waals surface area (Å²) in [6.45, 7) is 1.81. The Morgan fingerprint density at radius 3 is 2.63 bits per heavy atom. The first-order valence-corrected chi connectivity index (χ1v) is 12.8. The summed E-state index contributed by atoms with van der Waals surface area (Å²) in [5.74, 6) is 1.76. The van der Waals surface area contributed by atoms with Crippen LogP contribution in [0.25, 0.3) is 0 Å². The predicted octanol–water partition coefficient (Wildman–Crippen LogP) is 5.65. The summed E-state index contributed by atoms with van der Waals surface area (Å²) in [5, 5.41) is 11.5. The normalized spacial score (nSPS) is 14.5. The number of carbonyl (C=O) groups is 1. The van der Waals surface area contributed by atoms with Gasteiger partial charge >= 0.3 is 0 Å². The Labute approximate surface area is 223 Å². The summed E-state index contributed by atoms with van der Waals surface area (Å²) >= 11 is 1.47. The fourth-order valence-corrected chi connectivity index (χ4v) is 5.06. The number of rotatable bonds is 8. The highest BCUT2D eigenvalue weighted by atomic mass is 32.2. The number of fused-ring (bicyclic) bond motifs is 1. The largest absolute Gasteiger partial charge is 0.497 e. The van der Waals surface area contributed by atoms with Crippen LogP contribution in [0.4, 0.5) is 16.0 Å². The maximum Gasteiger partial charge on any atom is 0.255 e. The lowest BCUT2D eigenvalue weighted by atomic mass is 9.95. The van der Waals surface area contributed by atoms with Crippen LogP contribution in [0, 0.1) is 5.82 Å². The minimum absolute atomic E-state index is 0.333. The van der Waals surface area contributed by atoms with Crippen molar-refractivity contribution >= 4 is 29.3 Å². The Morgan fingerprint density at radius 2 is 1.87 bits per heavy atom. The molecular formula is C28H26FN5O3S. The molecule has 2 N–H and O–H groups in total. The first-order chi connectivity index (χ1) is 18.5. The van der Waals surface area contributed by atoms with Crippen LogP contribution in [0.15, 0.2) is 89.2 Å². The number of hydrogen-bond donors (Lipinski definition) is 2. The molecule has 3 aromatic carbocycles. The molecule has 1 aliphatic rings. The monoisotopic (exact) mass is 531 g/mol. The number of nitrogens with zero attached hydrogens (tertiary/aromatic N) is 3. The van der Waals surface area contributed by atoms with Gasteiger partial charge in [-0.15, -0.1) is 5.10 Å². The summed E-state index contributed by atoms with van der Waals surface area (Å²) in [4.78, 5) is 18.3. The minimum atomic E-state index is -0.625. The lowest BCUT2D eigenvalue weighted by Crippen LogP contribution is -2.31. The zero-order chi connectivity index (χ0) is 26.6. The van der Waals surface area contributed by atoms with E-state index in [2.05, 4.69) is 15.6 Å². The number of allylic oxidation sites excluding steroid dienone is 1. The summed E-state index contributed by atoms with van der Waals surface area (Å²) < 4.78 is 26.2. The van der Waals surface area contributed by atoms with Gasteiger partial charge in [0.2, 0.25) is 11.1 Å². The molecule has 1 atom stereocenters. The van der Waals surface area contributed by atoms with E-state index in [0.717, 1.165) is 11.3 Å². The molecule has 1 aromatic heterocycles. The number of amides is 1. The lowest BCUT2D eigenvalue weighted by molar-refractivity contribution is -0.113. The standard InChI is InChI=1S/C28H26FN5O3S/c1-17-24(26(35)31-22-9-4-5-10-23(22)37-3)25(19-11-13-20(29)14-12-19)34-27(30-17)32-28(33-34)38-16-18-7-6-8-21(15-18)36-2/h4-15,25H,16H2,1-3H3,(H,31,35)(H,30,32,33)/t25-/m0/s1. The SMILES string of the molecule is COc1cccc(CSc2nc3n(n2)[C@@H](c2ccc(F)cc2)C(C(=O)Nc2ccccc2OC)=C(C)N3)c1. The van der Waals surface area contributed by atoms with Gasteiger partial charge in [-0.05, 0) is 54.4 Å². The molecule has 0 aliphatic carbocycles. The van der Waals surface area contributed by atoms with E-state index in [1.54, 1.807) is 43.2 Å². The molecule has 8 nitrogen and oxygen atoms in total. The van der Waals surface area contributed by atoms with Gasteiger partial charge in [0.05, 0.1) is 25.5 Å². The van der Waals surface area contributed by atoms with Gasteiger partial charge in [-0.3, -0.25) is 4.79 Å². The number of anilines is 2. The Balaban J connectivity index is 1.48. The van der Waals surface area contributed by atoms with Crippen molar-refractivity contribution < 1.29 is 18.7 Å². The van der Waals surface area contributed by atoms with Crippen molar-refractivity contribution in [3.8, 4) is 11.5 Å². The number of benzene rings is 3. The van der Waals surface area contributed by atoms with Crippen LogP contribution < -0.4 is 20.1 Å². The summed E-state index contributed by atoms with van der Waals surface area (Å²) in [7, 11) is 3.18. The molecular weight excluding hydrogens is 505 g/mol. The van der Waals surface area contributed by atoms with Crippen molar-refractivity contribution in [1.82, 2.24) is 14.8 Å². The molecule has 0 saturated heterocycles. The van der Waals surface area contributed by atoms with Gasteiger partial charge in [-0.2, -0.15) is 4.98 Å². The highest BCUT2D eigenvalue weighted by Crippen LogP contribution is 2.37. The summed E-state index contributed by atoms with van der Waals surface area (Å²) in [6, 6.07) is 20.4. The number of nitrogens with one attached hydrogen (secondary N) is 2. The number of methoxy groups -OCH3 is 2. The molecule has 5 rings (SSSR count). The molecule has 0 saturated carbocycles. The van der Waals surface area contributed by atoms with Gasteiger partial charge in [0.1, 0.15) is 23.4 Å². The second kappa shape index (κ2) is 11.0. The number of ether oxygens (including phenoxy) is 2. The molecule has 194 valence electrons. The highest BCUT2D eigenvalue weighted by molar-refractivity contribution is 7.98. The van der Waals surface area contributed by atoms with Crippen molar-refractivity contribution in [2.45, 2.75) is 23.9 Å². The number of para-hydroxylation sites is 2. The summed E-state index contributed by atoms with van der Waals surface area (Å²) in [6.07, 6.45) is 0. The number of hydrogen-bond acceptors (Lipinski definition) is 7. The van der Waals surface area contributed by atoms with Crippen LogP contribution in [-0.2, 0) is 10.5 Å². The van der Waals surface area contributed by atoms with Crippen LogP contribution in [0.2, 0.25) is 0 Å². The first kappa shape index (κ1) is 25.3. The van der Waals surface area contributed by atoms with Crippen LogP contribution in [-0.4, -0.2) is 34.9 Å². The van der Waals surface area contributed by atoms with Crippen LogP contribution >= 0.6 is 11.8 Å². The predicted molar refractivity (Wildman–Crippen MR) is 145 cm³/mol. The Kier molecular flexibility index (Phi) is 7.32. The fourth-order valence-electron chi connectivity index (χ4n) is 4.29. The van der Waals surface area contributed by atoms with Gasteiger partial charge in [0.15, 0.2) is 0 Å². The number of carbonyl (C=O) groups excluding carboxylic acids is 1. The van der Waals surface area contributed by atoms with Gasteiger partial charge in [-0.1, -0.05) is 48.2 Å². The molecule has 0 radical (unpaired) electrons. The molecule has 10 heteroatoms. The van der Waals surface area contributed by atoms with E-state index in [-0.39, 0.29) is 11.7 Å². The van der Waals surface area contributed by atoms with E-state index >= 15 is 0 Å². The van der Waals surface area contributed by atoms with Crippen molar-refractivity contribution in [2.24, 2.45) is 0 Å². The van der Waals surface area contributed by atoms with Gasteiger partial charge < -0.3 is 20.1 Å². The molecule has 1 aliphatic heterocycles. The Hall–Kier alpha value is -4.31. The lowest BCUT2D eigenvalue weighted by Gasteiger charge is -2.28. The van der Waals surface area contributed by atoms with Crippen LogP contribution in [0.5, 0.6) is 11.5 Å². The smallest absolute Gasteiger partial charge is 0.255 e. The van der Waals surface area contributed by atoms with Crippen LogP contribution in [0.1, 0.15) is 24.1 Å². The van der Waals surface area contributed by atoms with Gasteiger partial charge in [0, 0.05) is 11.4 Å². The Bertz CT molecular complexity index is 1500. The molecule has 4 aromatic rings. The molecule has 0 unspecified atom stereocenters. The summed E-state index contributed by atoms with van der Waals surface area (Å²) in [5.41, 5.74) is 3.36. The van der Waals surface area contributed by atoms with E-state index < -0.39 is 6.04 Å². The second-order valence-corrected chi connectivity index (χ2v) is 9.52. The molecule has 0 fully saturated rings. The topological polar surface area (TPSA) is 90.3 Å². The number of aromatic nitrogens is 3. The zero-order valence-electron chi connectivity index (χ0n) is 21.1. The van der Waals surface area contributed by atoms with Crippen molar-refractivity contribution in [1.29, 1.82) is 0 Å². The molecule has 1 amide bonds. The zero-order valence-corrected chi connectivity index (χ0v) is 21.9. The third-order valence-electron chi connectivity index (χ3n) is 6.12. The molecule has 0 bridgehead atoms. The maximum absolute atomic E-state index is 13.8. The maximum atomic E-state index is 13.8. The van der Waals surface area contributed by atoms with Crippen LogP contribution in [0.3, 0.4) is 0 Å².